The van der Waals surface area contributed by atoms with E-state index in [9.17, 15) is 9.59 Å². The third-order valence-corrected chi connectivity index (χ3v) is 9.29. The standard InChI is InChI=1S/C36H31BrN2O6S/c1-5-44-35(41)30-21(2)38-36-39(32(30)31-25-14-10-9-13-24(25)15-16-27(31)42-3)34(40)29(46-36)19-23-17-26(37)33(28(18-23)43-4)45-20-22-11-7-6-8-12-22/h6-19,32H,5,20H2,1-4H3/b29-19-/t32-/m1/s1. The topological polar surface area (TPSA) is 88.4 Å². The van der Waals surface area contributed by atoms with Gasteiger partial charge in [0.05, 0.1) is 41.1 Å². The Balaban J connectivity index is 1.51. The van der Waals surface area contributed by atoms with Crippen molar-refractivity contribution >= 4 is 50.1 Å². The Labute approximate surface area is 278 Å². The second kappa shape index (κ2) is 13.4. The normalized spacial score (nSPS) is 14.5. The van der Waals surface area contributed by atoms with Crippen LogP contribution in [0.5, 0.6) is 17.2 Å². The molecule has 0 bridgehead atoms. The van der Waals surface area contributed by atoms with Gasteiger partial charge in [0.15, 0.2) is 16.3 Å². The van der Waals surface area contributed by atoms with Crippen LogP contribution in [0, 0.1) is 0 Å². The highest BCUT2D eigenvalue weighted by molar-refractivity contribution is 9.10. The molecule has 1 aliphatic heterocycles. The molecule has 0 fully saturated rings. The predicted molar refractivity (Wildman–Crippen MR) is 182 cm³/mol. The fraction of sp³-hybridized carbons (Fsp3) is 0.194. The summed E-state index contributed by atoms with van der Waals surface area (Å²) < 4.78 is 25.8. The Morgan fingerprint density at radius 1 is 1.00 bits per heavy atom. The molecule has 8 nitrogen and oxygen atoms in total. The number of carbonyl (C=O) groups is 1. The molecule has 0 unspecified atom stereocenters. The number of hydrogen-bond acceptors (Lipinski definition) is 8. The molecule has 0 aliphatic carbocycles. The summed E-state index contributed by atoms with van der Waals surface area (Å²) >= 11 is 4.88. The van der Waals surface area contributed by atoms with Crippen LogP contribution in [0.1, 0.15) is 36.6 Å². The van der Waals surface area contributed by atoms with Crippen LogP contribution in [-0.2, 0) is 16.1 Å². The minimum Gasteiger partial charge on any atom is -0.496 e. The number of fused-ring (bicyclic) bond motifs is 2. The summed E-state index contributed by atoms with van der Waals surface area (Å²) in [4.78, 5) is 33.0. The van der Waals surface area contributed by atoms with E-state index in [1.807, 2.05) is 78.9 Å². The van der Waals surface area contributed by atoms with E-state index in [2.05, 4.69) is 15.9 Å². The number of thiazole rings is 1. The number of allylic oxidation sites excluding steroid dienone is 1. The maximum atomic E-state index is 14.3. The van der Waals surface area contributed by atoms with Crippen LogP contribution in [0.3, 0.4) is 0 Å². The lowest BCUT2D eigenvalue weighted by molar-refractivity contribution is -0.139. The molecule has 1 aromatic heterocycles. The zero-order valence-corrected chi connectivity index (χ0v) is 28.1. The zero-order valence-electron chi connectivity index (χ0n) is 25.7. The molecule has 0 spiro atoms. The first-order valence-corrected chi connectivity index (χ1v) is 16.2. The number of benzene rings is 4. The third kappa shape index (κ3) is 5.86. The van der Waals surface area contributed by atoms with E-state index < -0.39 is 12.0 Å². The van der Waals surface area contributed by atoms with Crippen molar-refractivity contribution in [2.24, 2.45) is 4.99 Å². The Morgan fingerprint density at radius 3 is 2.48 bits per heavy atom. The number of nitrogens with zero attached hydrogens (tertiary/aromatic N) is 2. The number of rotatable bonds is 9. The third-order valence-electron chi connectivity index (χ3n) is 7.72. The summed E-state index contributed by atoms with van der Waals surface area (Å²) in [6.07, 6.45) is 1.79. The second-order valence-corrected chi connectivity index (χ2v) is 12.4. The second-order valence-electron chi connectivity index (χ2n) is 10.5. The molecule has 46 heavy (non-hydrogen) atoms. The molecule has 0 saturated heterocycles. The van der Waals surface area contributed by atoms with Crippen molar-refractivity contribution < 1.29 is 23.7 Å². The Bertz CT molecular complexity index is 2170. The number of methoxy groups -OCH3 is 2. The van der Waals surface area contributed by atoms with Crippen LogP contribution < -0.4 is 29.1 Å². The van der Waals surface area contributed by atoms with Crippen LogP contribution >= 0.6 is 27.3 Å². The zero-order chi connectivity index (χ0) is 32.4. The van der Waals surface area contributed by atoms with Crippen molar-refractivity contribution in [3.05, 3.63) is 131 Å². The monoisotopic (exact) mass is 698 g/mol. The molecule has 1 atom stereocenters. The molecule has 4 aromatic carbocycles. The summed E-state index contributed by atoms with van der Waals surface area (Å²) in [7, 11) is 3.16. The molecule has 10 heteroatoms. The van der Waals surface area contributed by atoms with Crippen molar-refractivity contribution in [3.63, 3.8) is 0 Å². The van der Waals surface area contributed by atoms with E-state index in [4.69, 9.17) is 23.9 Å². The maximum Gasteiger partial charge on any atom is 0.338 e. The van der Waals surface area contributed by atoms with Gasteiger partial charge < -0.3 is 18.9 Å². The Kier molecular flexibility index (Phi) is 9.10. The maximum absolute atomic E-state index is 14.3. The fourth-order valence-electron chi connectivity index (χ4n) is 5.64. The van der Waals surface area contributed by atoms with Gasteiger partial charge in [0, 0.05) is 5.56 Å². The highest BCUT2D eigenvalue weighted by Gasteiger charge is 2.36. The van der Waals surface area contributed by atoms with Crippen molar-refractivity contribution in [1.29, 1.82) is 0 Å². The molecule has 0 saturated carbocycles. The quantitative estimate of drug-likeness (QED) is 0.168. The first kappa shape index (κ1) is 31.3. The lowest BCUT2D eigenvalue weighted by Gasteiger charge is -2.27. The van der Waals surface area contributed by atoms with Gasteiger partial charge in [-0.1, -0.05) is 72.0 Å². The van der Waals surface area contributed by atoms with E-state index in [1.54, 1.807) is 38.7 Å². The molecule has 0 amide bonds. The fourth-order valence-corrected chi connectivity index (χ4v) is 7.27. The lowest BCUT2D eigenvalue weighted by atomic mass is 9.90. The highest BCUT2D eigenvalue weighted by atomic mass is 79.9. The lowest BCUT2D eigenvalue weighted by Crippen LogP contribution is -2.40. The van der Waals surface area contributed by atoms with Crippen LogP contribution in [0.2, 0.25) is 0 Å². The van der Waals surface area contributed by atoms with Gasteiger partial charge in [0.1, 0.15) is 18.4 Å². The largest absolute Gasteiger partial charge is 0.496 e. The number of carbonyl (C=O) groups excluding carboxylic acids is 1. The molecular weight excluding hydrogens is 668 g/mol. The van der Waals surface area contributed by atoms with Gasteiger partial charge in [0.25, 0.3) is 5.56 Å². The average molecular weight is 700 g/mol. The van der Waals surface area contributed by atoms with Gasteiger partial charge in [-0.3, -0.25) is 9.36 Å². The summed E-state index contributed by atoms with van der Waals surface area (Å²) in [5, 5.41) is 1.81. The first-order chi connectivity index (χ1) is 22.3. The summed E-state index contributed by atoms with van der Waals surface area (Å²) in [6.45, 7) is 4.07. The highest BCUT2D eigenvalue weighted by Crippen LogP contribution is 2.41. The SMILES string of the molecule is CCOC(=O)C1=C(C)N=c2s/c(=C\c3cc(Br)c(OCc4ccccc4)c(OC)c3)c(=O)n2[C@H]1c1c(OC)ccc2ccccc12. The van der Waals surface area contributed by atoms with Gasteiger partial charge in [-0.2, -0.15) is 0 Å². The van der Waals surface area contributed by atoms with E-state index in [1.165, 1.54) is 11.3 Å². The van der Waals surface area contributed by atoms with Gasteiger partial charge in [-0.25, -0.2) is 9.79 Å². The molecule has 0 N–H and O–H groups in total. The van der Waals surface area contributed by atoms with Gasteiger partial charge in [0.2, 0.25) is 0 Å². The van der Waals surface area contributed by atoms with Crippen LogP contribution in [0.4, 0.5) is 0 Å². The smallest absolute Gasteiger partial charge is 0.338 e. The minimum atomic E-state index is -0.825. The van der Waals surface area contributed by atoms with E-state index >= 15 is 0 Å². The van der Waals surface area contributed by atoms with Crippen molar-refractivity contribution in [2.45, 2.75) is 26.5 Å². The van der Waals surface area contributed by atoms with Crippen molar-refractivity contribution in [1.82, 2.24) is 4.57 Å². The van der Waals surface area contributed by atoms with Gasteiger partial charge >= 0.3 is 5.97 Å². The molecule has 6 rings (SSSR count). The molecule has 234 valence electrons. The van der Waals surface area contributed by atoms with E-state index in [0.717, 1.165) is 21.9 Å². The number of halogens is 1. The van der Waals surface area contributed by atoms with Crippen molar-refractivity contribution in [3.8, 4) is 17.2 Å². The molecular formula is C36H31BrN2O6S. The number of ether oxygens (including phenoxy) is 4. The summed E-state index contributed by atoms with van der Waals surface area (Å²) in [6, 6.07) is 24.4. The number of aromatic nitrogens is 1. The minimum absolute atomic E-state index is 0.182. The molecule has 5 aromatic rings. The van der Waals surface area contributed by atoms with Crippen LogP contribution in [0.25, 0.3) is 16.8 Å². The predicted octanol–water partition coefficient (Wildman–Crippen LogP) is 6.31. The molecule has 2 heterocycles. The van der Waals surface area contributed by atoms with Gasteiger partial charge in [-0.15, -0.1) is 0 Å². The number of esters is 1. The first-order valence-electron chi connectivity index (χ1n) is 14.6. The Morgan fingerprint density at radius 2 is 1.74 bits per heavy atom. The molecule has 0 radical (unpaired) electrons. The summed E-state index contributed by atoms with van der Waals surface area (Å²) in [5.41, 5.74) is 2.92. The Hall–Kier alpha value is -4.67. The average Bonchev–Trinajstić information content (AvgIpc) is 3.36. The van der Waals surface area contributed by atoms with Crippen molar-refractivity contribution in [2.75, 3.05) is 20.8 Å². The van der Waals surface area contributed by atoms with E-state index in [0.29, 0.717) is 54.5 Å². The van der Waals surface area contributed by atoms with Crippen LogP contribution in [0.15, 0.2) is 104 Å². The number of hydrogen-bond donors (Lipinski definition) is 0. The van der Waals surface area contributed by atoms with Crippen LogP contribution in [-0.4, -0.2) is 31.4 Å². The summed E-state index contributed by atoms with van der Waals surface area (Å²) in [5.74, 6) is 1.10. The van der Waals surface area contributed by atoms with E-state index in [-0.39, 0.29) is 12.2 Å². The molecule has 1 aliphatic rings. The van der Waals surface area contributed by atoms with Gasteiger partial charge in [-0.05, 0) is 76.0 Å².